The predicted molar refractivity (Wildman–Crippen MR) is 65.3 cm³/mol. The SMILES string of the molecule is COC1(CNc2cc(C(F)F)ncn2)CCOCC1. The van der Waals surface area contributed by atoms with Crippen LogP contribution in [-0.2, 0) is 9.47 Å². The molecule has 1 aromatic rings. The maximum Gasteiger partial charge on any atom is 0.280 e. The molecular weight excluding hydrogens is 256 g/mol. The number of nitrogens with one attached hydrogen (secondary N) is 1. The number of ether oxygens (including phenoxy) is 2. The third-order valence-corrected chi connectivity index (χ3v) is 3.34. The average molecular weight is 273 g/mol. The van der Waals surface area contributed by atoms with Gasteiger partial charge in [-0.15, -0.1) is 0 Å². The summed E-state index contributed by atoms with van der Waals surface area (Å²) in [5.41, 5.74) is -0.607. The van der Waals surface area contributed by atoms with Crippen LogP contribution in [0, 0.1) is 0 Å². The smallest absolute Gasteiger partial charge is 0.280 e. The molecule has 0 amide bonds. The molecule has 0 radical (unpaired) electrons. The van der Waals surface area contributed by atoms with Crippen molar-refractivity contribution in [2.45, 2.75) is 24.9 Å². The summed E-state index contributed by atoms with van der Waals surface area (Å²) in [5.74, 6) is 0.383. The molecule has 1 fully saturated rings. The Balaban J connectivity index is 1.99. The van der Waals surface area contributed by atoms with Crippen molar-refractivity contribution >= 4 is 5.82 Å². The Hall–Kier alpha value is -1.34. The monoisotopic (exact) mass is 273 g/mol. The first-order valence-corrected chi connectivity index (χ1v) is 6.12. The highest BCUT2D eigenvalue weighted by atomic mass is 19.3. The number of aromatic nitrogens is 2. The van der Waals surface area contributed by atoms with Crippen LogP contribution in [0.2, 0.25) is 0 Å². The molecule has 7 heteroatoms. The minimum Gasteiger partial charge on any atom is -0.381 e. The zero-order chi connectivity index (χ0) is 13.7. The Labute approximate surface area is 110 Å². The highest BCUT2D eigenvalue weighted by Crippen LogP contribution is 2.25. The Bertz CT molecular complexity index is 412. The van der Waals surface area contributed by atoms with Crippen molar-refractivity contribution in [1.29, 1.82) is 0 Å². The molecule has 5 nitrogen and oxygen atoms in total. The van der Waals surface area contributed by atoms with E-state index in [0.29, 0.717) is 25.6 Å². The van der Waals surface area contributed by atoms with Crippen molar-refractivity contribution in [1.82, 2.24) is 9.97 Å². The lowest BCUT2D eigenvalue weighted by atomic mass is 9.94. The lowest BCUT2D eigenvalue weighted by Gasteiger charge is -2.36. The maximum absolute atomic E-state index is 12.5. The van der Waals surface area contributed by atoms with Crippen LogP contribution < -0.4 is 5.32 Å². The molecule has 0 aliphatic carbocycles. The molecule has 0 aromatic carbocycles. The zero-order valence-electron chi connectivity index (χ0n) is 10.7. The van der Waals surface area contributed by atoms with Crippen molar-refractivity contribution < 1.29 is 18.3 Å². The van der Waals surface area contributed by atoms with Gasteiger partial charge in [-0.3, -0.25) is 0 Å². The van der Waals surface area contributed by atoms with Gasteiger partial charge in [0.2, 0.25) is 0 Å². The molecule has 0 spiro atoms. The lowest BCUT2D eigenvalue weighted by molar-refractivity contribution is -0.0807. The quantitative estimate of drug-likeness (QED) is 0.889. The van der Waals surface area contributed by atoms with E-state index in [9.17, 15) is 8.78 Å². The number of hydrogen-bond acceptors (Lipinski definition) is 5. The van der Waals surface area contributed by atoms with E-state index in [0.717, 1.165) is 19.2 Å². The molecule has 19 heavy (non-hydrogen) atoms. The van der Waals surface area contributed by atoms with Crippen LogP contribution in [0.5, 0.6) is 0 Å². The van der Waals surface area contributed by atoms with Gasteiger partial charge in [0.05, 0.1) is 5.60 Å². The van der Waals surface area contributed by atoms with Crippen molar-refractivity contribution in [3.05, 3.63) is 18.1 Å². The highest BCUT2D eigenvalue weighted by molar-refractivity contribution is 5.35. The van der Waals surface area contributed by atoms with Gasteiger partial charge in [0.1, 0.15) is 17.8 Å². The van der Waals surface area contributed by atoms with E-state index >= 15 is 0 Å². The van der Waals surface area contributed by atoms with Crippen LogP contribution in [-0.4, -0.2) is 42.4 Å². The van der Waals surface area contributed by atoms with Crippen molar-refractivity contribution in [2.75, 3.05) is 32.2 Å². The van der Waals surface area contributed by atoms with Crippen LogP contribution in [0.1, 0.15) is 25.0 Å². The summed E-state index contributed by atoms with van der Waals surface area (Å²) in [6.45, 7) is 1.79. The van der Waals surface area contributed by atoms with Crippen LogP contribution in [0.25, 0.3) is 0 Å². The summed E-state index contributed by atoms with van der Waals surface area (Å²) in [4.78, 5) is 7.45. The van der Waals surface area contributed by atoms with Crippen molar-refractivity contribution in [3.8, 4) is 0 Å². The number of halogens is 2. The van der Waals surface area contributed by atoms with Crippen LogP contribution in [0.3, 0.4) is 0 Å². The first-order valence-electron chi connectivity index (χ1n) is 6.12. The van der Waals surface area contributed by atoms with Gasteiger partial charge in [0, 0.05) is 45.8 Å². The summed E-state index contributed by atoms with van der Waals surface area (Å²) >= 11 is 0. The summed E-state index contributed by atoms with van der Waals surface area (Å²) in [7, 11) is 1.65. The molecule has 1 aromatic heterocycles. The van der Waals surface area contributed by atoms with E-state index in [4.69, 9.17) is 9.47 Å². The third kappa shape index (κ3) is 3.57. The minimum atomic E-state index is -2.59. The van der Waals surface area contributed by atoms with Crippen LogP contribution in [0.15, 0.2) is 12.4 Å². The second kappa shape index (κ2) is 6.21. The van der Waals surface area contributed by atoms with E-state index in [1.807, 2.05) is 0 Å². The predicted octanol–water partition coefficient (Wildman–Crippen LogP) is 2.02. The molecule has 1 saturated heterocycles. The van der Waals surface area contributed by atoms with Gasteiger partial charge >= 0.3 is 0 Å². The van der Waals surface area contributed by atoms with Crippen molar-refractivity contribution in [3.63, 3.8) is 0 Å². The molecule has 0 atom stereocenters. The molecular formula is C12H17F2N3O2. The molecule has 2 rings (SSSR count). The van der Waals surface area contributed by atoms with Crippen molar-refractivity contribution in [2.24, 2.45) is 0 Å². The Morgan fingerprint density at radius 1 is 1.42 bits per heavy atom. The van der Waals surface area contributed by atoms with Gasteiger partial charge in [0.15, 0.2) is 0 Å². The largest absolute Gasteiger partial charge is 0.381 e. The summed E-state index contributed by atoms with van der Waals surface area (Å²) < 4.78 is 35.9. The fourth-order valence-electron chi connectivity index (χ4n) is 2.04. The maximum atomic E-state index is 12.5. The van der Waals surface area contributed by atoms with Gasteiger partial charge < -0.3 is 14.8 Å². The topological polar surface area (TPSA) is 56.3 Å². The van der Waals surface area contributed by atoms with Crippen LogP contribution >= 0.6 is 0 Å². The first-order chi connectivity index (χ1) is 9.15. The molecule has 2 heterocycles. The zero-order valence-corrected chi connectivity index (χ0v) is 10.7. The van der Waals surface area contributed by atoms with Gasteiger partial charge in [0.25, 0.3) is 6.43 Å². The molecule has 0 saturated carbocycles. The van der Waals surface area contributed by atoms with E-state index in [2.05, 4.69) is 15.3 Å². The Morgan fingerprint density at radius 2 is 2.16 bits per heavy atom. The van der Waals surface area contributed by atoms with Gasteiger partial charge in [-0.1, -0.05) is 0 Å². The molecule has 0 bridgehead atoms. The Kier molecular flexibility index (Phi) is 4.60. The second-order valence-electron chi connectivity index (χ2n) is 4.48. The van der Waals surface area contributed by atoms with Gasteiger partial charge in [-0.2, -0.15) is 0 Å². The summed E-state index contributed by atoms with van der Waals surface area (Å²) in [5, 5.41) is 3.04. The van der Waals surface area contributed by atoms with E-state index in [-0.39, 0.29) is 11.3 Å². The number of nitrogens with zero attached hydrogens (tertiary/aromatic N) is 2. The molecule has 1 aliphatic rings. The number of hydrogen-bond donors (Lipinski definition) is 1. The number of methoxy groups -OCH3 is 1. The highest BCUT2D eigenvalue weighted by Gasteiger charge is 2.32. The standard InChI is InChI=1S/C12H17F2N3O2/c1-18-12(2-4-19-5-3-12)7-15-10-6-9(11(13)14)16-8-17-10/h6,8,11H,2-5,7H2,1H3,(H,15,16,17). The minimum absolute atomic E-state index is 0.282. The number of anilines is 1. The van der Waals surface area contributed by atoms with E-state index < -0.39 is 6.43 Å². The molecule has 1 N–H and O–H groups in total. The third-order valence-electron chi connectivity index (χ3n) is 3.34. The van der Waals surface area contributed by atoms with Crippen LogP contribution in [0.4, 0.5) is 14.6 Å². The first kappa shape index (κ1) is 14.1. The fraction of sp³-hybridized carbons (Fsp3) is 0.667. The number of rotatable bonds is 5. The normalized spacial score (nSPS) is 18.5. The summed E-state index contributed by atoms with van der Waals surface area (Å²) in [6, 6.07) is 1.26. The van der Waals surface area contributed by atoms with Gasteiger partial charge in [-0.05, 0) is 0 Å². The lowest BCUT2D eigenvalue weighted by Crippen LogP contribution is -2.44. The molecule has 1 aliphatic heterocycles. The fourth-order valence-corrected chi connectivity index (χ4v) is 2.04. The number of alkyl halides is 2. The molecule has 0 unspecified atom stereocenters. The van der Waals surface area contributed by atoms with Gasteiger partial charge in [-0.25, -0.2) is 18.7 Å². The van der Waals surface area contributed by atoms with E-state index in [1.54, 1.807) is 7.11 Å². The molecule has 106 valence electrons. The van der Waals surface area contributed by atoms with E-state index in [1.165, 1.54) is 6.07 Å². The second-order valence-corrected chi connectivity index (χ2v) is 4.48. The average Bonchev–Trinajstić information content (AvgIpc) is 2.46. The Morgan fingerprint density at radius 3 is 2.79 bits per heavy atom. The summed E-state index contributed by atoms with van der Waals surface area (Å²) in [6.07, 6.45) is 0.0721.